The summed E-state index contributed by atoms with van der Waals surface area (Å²) in [5.74, 6) is 1.29. The van der Waals surface area contributed by atoms with Gasteiger partial charge in [-0.15, -0.1) is 0 Å². The van der Waals surface area contributed by atoms with Crippen molar-refractivity contribution < 1.29 is 0 Å². The molecule has 0 aliphatic carbocycles. The van der Waals surface area contributed by atoms with E-state index in [0.29, 0.717) is 16.7 Å². The summed E-state index contributed by atoms with van der Waals surface area (Å²) in [6, 6.07) is 50.4. The molecule has 5 aromatic carbocycles. The molecule has 0 aliphatic heterocycles. The second-order valence-electron chi connectivity index (χ2n) is 10.1. The van der Waals surface area contributed by atoms with Gasteiger partial charge in [0.2, 0.25) is 0 Å². The topological polar surface area (TPSA) is 51.6 Å². The van der Waals surface area contributed by atoms with Gasteiger partial charge in [0.15, 0.2) is 11.6 Å². The van der Waals surface area contributed by atoms with E-state index >= 15 is 0 Å². The van der Waals surface area contributed by atoms with Gasteiger partial charge in [0.05, 0.1) is 22.8 Å². The molecule has 2 aromatic heterocycles. The first kappa shape index (κ1) is 26.4. The molecule has 7 aromatic rings. The monoisotopic (exact) mass is 572 g/mol. The van der Waals surface area contributed by atoms with E-state index in [0.717, 1.165) is 56.2 Å². The highest BCUT2D eigenvalue weighted by Crippen LogP contribution is 2.31. The first-order valence-corrected chi connectivity index (χ1v) is 14.4. The summed E-state index contributed by atoms with van der Waals surface area (Å²) >= 11 is 6.33. The van der Waals surface area contributed by atoms with Crippen LogP contribution >= 0.6 is 11.6 Å². The molecule has 0 fully saturated rings. The summed E-state index contributed by atoms with van der Waals surface area (Å²) in [6.45, 7) is 0. The van der Waals surface area contributed by atoms with Gasteiger partial charge in [0.25, 0.3) is 0 Å². The third kappa shape index (κ3) is 5.82. The third-order valence-corrected chi connectivity index (χ3v) is 7.42. The highest BCUT2D eigenvalue weighted by molar-refractivity contribution is 6.30. The Morgan fingerprint density at radius 3 is 1.02 bits per heavy atom. The summed E-state index contributed by atoms with van der Waals surface area (Å²) in [5, 5.41) is 0.663. The van der Waals surface area contributed by atoms with Crippen LogP contribution in [0.2, 0.25) is 5.02 Å². The Balaban J connectivity index is 1.31. The van der Waals surface area contributed by atoms with E-state index in [1.807, 2.05) is 115 Å². The van der Waals surface area contributed by atoms with E-state index in [-0.39, 0.29) is 0 Å². The van der Waals surface area contributed by atoms with E-state index in [9.17, 15) is 0 Å². The highest BCUT2D eigenvalue weighted by Gasteiger charge is 2.13. The van der Waals surface area contributed by atoms with Gasteiger partial charge in [-0.1, -0.05) is 139 Å². The molecule has 7 rings (SSSR count). The molecule has 0 bridgehead atoms. The Kier molecular flexibility index (Phi) is 7.26. The fourth-order valence-corrected chi connectivity index (χ4v) is 5.18. The van der Waals surface area contributed by atoms with Crippen molar-refractivity contribution in [1.29, 1.82) is 0 Å². The fraction of sp³-hybridized carbons (Fsp3) is 0. The SMILES string of the molecule is Clc1cccc(-c2cc(-c3ccccc3)nc(-c3ccc(-c4nc(-c5ccccc5)cc(-c5ccccc5)n4)cc3)n2)c1. The summed E-state index contributed by atoms with van der Waals surface area (Å²) < 4.78 is 0. The predicted molar refractivity (Wildman–Crippen MR) is 175 cm³/mol. The van der Waals surface area contributed by atoms with Crippen LogP contribution in [-0.4, -0.2) is 19.9 Å². The molecule has 5 heteroatoms. The van der Waals surface area contributed by atoms with Crippen molar-refractivity contribution in [2.24, 2.45) is 0 Å². The zero-order valence-electron chi connectivity index (χ0n) is 23.1. The normalized spacial score (nSPS) is 10.9. The molecule has 0 radical (unpaired) electrons. The lowest BCUT2D eigenvalue weighted by Crippen LogP contribution is -1.97. The predicted octanol–water partition coefficient (Wildman–Crippen LogP) is 9.92. The average molecular weight is 573 g/mol. The molecule has 0 atom stereocenters. The summed E-state index contributed by atoms with van der Waals surface area (Å²) in [5.41, 5.74) is 9.24. The summed E-state index contributed by atoms with van der Waals surface area (Å²) in [7, 11) is 0. The minimum atomic E-state index is 0.631. The van der Waals surface area contributed by atoms with Gasteiger partial charge in [-0.25, -0.2) is 19.9 Å². The van der Waals surface area contributed by atoms with Gasteiger partial charge >= 0.3 is 0 Å². The van der Waals surface area contributed by atoms with E-state index in [2.05, 4.69) is 36.4 Å². The average Bonchev–Trinajstić information content (AvgIpc) is 3.09. The maximum Gasteiger partial charge on any atom is 0.160 e. The quantitative estimate of drug-likeness (QED) is 0.199. The van der Waals surface area contributed by atoms with Gasteiger partial charge in [-0.3, -0.25) is 0 Å². The first-order chi connectivity index (χ1) is 21.2. The second kappa shape index (κ2) is 11.8. The lowest BCUT2D eigenvalue weighted by Gasteiger charge is -2.11. The number of benzene rings is 5. The number of nitrogens with zero attached hydrogens (tertiary/aromatic N) is 4. The van der Waals surface area contributed by atoms with E-state index in [1.165, 1.54) is 0 Å². The zero-order chi connectivity index (χ0) is 29.0. The molecule has 204 valence electrons. The van der Waals surface area contributed by atoms with Crippen molar-refractivity contribution in [1.82, 2.24) is 19.9 Å². The van der Waals surface area contributed by atoms with Crippen molar-refractivity contribution in [3.8, 4) is 67.8 Å². The molecule has 0 aliphatic rings. The summed E-state index contributed by atoms with van der Waals surface area (Å²) in [4.78, 5) is 19.8. The minimum absolute atomic E-state index is 0.631. The van der Waals surface area contributed by atoms with Crippen LogP contribution < -0.4 is 0 Å². The lowest BCUT2D eigenvalue weighted by molar-refractivity contribution is 1.17. The Morgan fingerprint density at radius 1 is 0.302 bits per heavy atom. The van der Waals surface area contributed by atoms with Gasteiger partial charge in [-0.05, 0) is 24.3 Å². The molecule has 0 amide bonds. The molecular weight excluding hydrogens is 548 g/mol. The van der Waals surface area contributed by atoms with E-state index in [4.69, 9.17) is 31.5 Å². The number of hydrogen-bond acceptors (Lipinski definition) is 4. The summed E-state index contributed by atoms with van der Waals surface area (Å²) in [6.07, 6.45) is 0. The van der Waals surface area contributed by atoms with Crippen molar-refractivity contribution in [2.75, 3.05) is 0 Å². The number of hydrogen-bond donors (Lipinski definition) is 0. The second-order valence-corrected chi connectivity index (χ2v) is 10.5. The molecular formula is C38H25ClN4. The Labute approximate surface area is 255 Å². The van der Waals surface area contributed by atoms with Crippen LogP contribution in [-0.2, 0) is 0 Å². The Bertz CT molecular complexity index is 1950. The number of rotatable bonds is 6. The Morgan fingerprint density at radius 2 is 0.651 bits per heavy atom. The van der Waals surface area contributed by atoms with Crippen molar-refractivity contribution in [3.63, 3.8) is 0 Å². The molecule has 4 nitrogen and oxygen atoms in total. The fourth-order valence-electron chi connectivity index (χ4n) is 4.99. The zero-order valence-corrected chi connectivity index (χ0v) is 23.9. The number of aromatic nitrogens is 4. The van der Waals surface area contributed by atoms with E-state index < -0.39 is 0 Å². The molecule has 0 spiro atoms. The van der Waals surface area contributed by atoms with Crippen LogP contribution in [0.1, 0.15) is 0 Å². The molecule has 0 unspecified atom stereocenters. The smallest absolute Gasteiger partial charge is 0.160 e. The molecule has 0 N–H and O–H groups in total. The van der Waals surface area contributed by atoms with Gasteiger partial charge in [0, 0.05) is 38.4 Å². The highest BCUT2D eigenvalue weighted by atomic mass is 35.5. The molecule has 43 heavy (non-hydrogen) atoms. The van der Waals surface area contributed by atoms with Crippen LogP contribution in [0, 0.1) is 0 Å². The van der Waals surface area contributed by atoms with Gasteiger partial charge in [-0.2, -0.15) is 0 Å². The van der Waals surface area contributed by atoms with Crippen molar-refractivity contribution >= 4 is 11.6 Å². The van der Waals surface area contributed by atoms with Crippen LogP contribution in [0.3, 0.4) is 0 Å². The van der Waals surface area contributed by atoms with Crippen LogP contribution in [0.25, 0.3) is 67.8 Å². The third-order valence-electron chi connectivity index (χ3n) is 7.18. The lowest BCUT2D eigenvalue weighted by atomic mass is 10.0. The molecule has 2 heterocycles. The van der Waals surface area contributed by atoms with Crippen molar-refractivity contribution in [2.45, 2.75) is 0 Å². The largest absolute Gasteiger partial charge is 0.228 e. The maximum absolute atomic E-state index is 6.33. The Hall–Kier alpha value is -5.45. The molecule has 0 saturated heterocycles. The van der Waals surface area contributed by atoms with Gasteiger partial charge < -0.3 is 0 Å². The van der Waals surface area contributed by atoms with Crippen molar-refractivity contribution in [3.05, 3.63) is 157 Å². The van der Waals surface area contributed by atoms with Crippen LogP contribution in [0.15, 0.2) is 152 Å². The number of halogens is 1. The van der Waals surface area contributed by atoms with Crippen LogP contribution in [0.4, 0.5) is 0 Å². The standard InChI is InChI=1S/C38H25ClN4/c39-32-18-10-17-31(23-32)36-25-35(28-15-8-3-9-16-28)42-38(43-36)30-21-19-29(20-22-30)37-40-33(26-11-4-1-5-12-26)24-34(41-37)27-13-6-2-7-14-27/h1-25H. The minimum Gasteiger partial charge on any atom is -0.228 e. The maximum atomic E-state index is 6.33. The van der Waals surface area contributed by atoms with Crippen LogP contribution in [0.5, 0.6) is 0 Å². The van der Waals surface area contributed by atoms with Gasteiger partial charge in [0.1, 0.15) is 0 Å². The molecule has 0 saturated carbocycles. The first-order valence-electron chi connectivity index (χ1n) is 14.0. The van der Waals surface area contributed by atoms with E-state index in [1.54, 1.807) is 0 Å².